The number of aromatic nitrogens is 1. The second-order valence-corrected chi connectivity index (χ2v) is 18.7. The fraction of sp³-hybridized carbons (Fsp3) is 0.0606. The molecule has 1 heterocycles. The monoisotopic (exact) mass is 866 g/mol. The average Bonchev–Trinajstić information content (AvgIpc) is 3.91. The molecule has 2 nitrogen and oxygen atoms in total. The Labute approximate surface area is 396 Å². The highest BCUT2D eigenvalue weighted by Gasteiger charge is 2.57. The smallest absolute Gasteiger partial charge is 0.0720 e. The fourth-order valence-corrected chi connectivity index (χ4v) is 12.8. The molecule has 0 N–H and O–H groups in total. The van der Waals surface area contributed by atoms with Crippen molar-refractivity contribution in [3.63, 3.8) is 0 Å². The summed E-state index contributed by atoms with van der Waals surface area (Å²) < 4.78 is 2.55. The van der Waals surface area contributed by atoms with Crippen LogP contribution in [-0.2, 0) is 10.8 Å². The van der Waals surface area contributed by atoms with Crippen LogP contribution in [0.5, 0.6) is 0 Å². The van der Waals surface area contributed by atoms with Crippen molar-refractivity contribution < 1.29 is 0 Å². The van der Waals surface area contributed by atoms with Crippen molar-refractivity contribution in [2.24, 2.45) is 0 Å². The highest BCUT2D eigenvalue weighted by molar-refractivity contribution is 6.10. The van der Waals surface area contributed by atoms with E-state index in [9.17, 15) is 0 Å². The van der Waals surface area contributed by atoms with Crippen molar-refractivity contribution in [3.8, 4) is 11.1 Å². The summed E-state index contributed by atoms with van der Waals surface area (Å²) in [5, 5.41) is 5.14. The predicted octanol–water partition coefficient (Wildman–Crippen LogP) is 14.5. The molecule has 3 atom stereocenters. The normalized spacial score (nSPS) is 18.4. The first-order valence-electron chi connectivity index (χ1n) is 23.9. The first-order chi connectivity index (χ1) is 33.7. The van der Waals surface area contributed by atoms with Crippen LogP contribution >= 0.6 is 0 Å². The molecule has 0 aliphatic heterocycles. The van der Waals surface area contributed by atoms with Crippen molar-refractivity contribution in [3.05, 3.63) is 304 Å². The molecular weight excluding hydrogens is 821 g/mol. The van der Waals surface area contributed by atoms with Crippen molar-refractivity contribution in [2.45, 2.75) is 23.3 Å². The Morgan fingerprint density at radius 3 is 1.66 bits per heavy atom. The van der Waals surface area contributed by atoms with E-state index in [1.807, 2.05) is 0 Å². The number of rotatable bonds is 7. The lowest BCUT2D eigenvalue weighted by atomic mass is 9.52. The average molecular weight is 867 g/mol. The minimum Gasteiger partial charge on any atom is -0.333 e. The van der Waals surface area contributed by atoms with Gasteiger partial charge in [0.1, 0.15) is 0 Å². The summed E-state index contributed by atoms with van der Waals surface area (Å²) in [6, 6.07) is 93.3. The van der Waals surface area contributed by atoms with E-state index in [1.165, 1.54) is 87.9 Å². The van der Waals surface area contributed by atoms with E-state index in [2.05, 4.69) is 270 Å². The summed E-state index contributed by atoms with van der Waals surface area (Å²) in [5.41, 5.74) is 17.8. The van der Waals surface area contributed by atoms with Crippen LogP contribution in [0.25, 0.3) is 45.1 Å². The first kappa shape index (κ1) is 38.8. The second kappa shape index (κ2) is 15.0. The molecular formula is C66H46N2. The summed E-state index contributed by atoms with van der Waals surface area (Å²) in [5.74, 6) is 0. The number of para-hydroxylation sites is 2. The summed E-state index contributed by atoms with van der Waals surface area (Å²) in [4.78, 5) is 2.42. The molecule has 3 unspecified atom stereocenters. The number of hydrogen-bond acceptors (Lipinski definition) is 1. The second-order valence-electron chi connectivity index (χ2n) is 18.7. The maximum absolute atomic E-state index is 2.55. The molecule has 3 aliphatic carbocycles. The van der Waals surface area contributed by atoms with Gasteiger partial charge in [-0.2, -0.15) is 0 Å². The summed E-state index contributed by atoms with van der Waals surface area (Å²) >= 11 is 0. The minimum atomic E-state index is -0.617. The van der Waals surface area contributed by atoms with E-state index < -0.39 is 10.8 Å². The molecule has 0 amide bonds. The maximum atomic E-state index is 2.55. The van der Waals surface area contributed by atoms with Gasteiger partial charge in [-0.1, -0.05) is 212 Å². The van der Waals surface area contributed by atoms with Gasteiger partial charge >= 0.3 is 0 Å². The van der Waals surface area contributed by atoms with Crippen LogP contribution in [0.15, 0.2) is 249 Å². The van der Waals surface area contributed by atoms with Crippen molar-refractivity contribution >= 4 is 51.0 Å². The van der Waals surface area contributed by atoms with E-state index in [1.54, 1.807) is 0 Å². The number of hydrogen-bond donors (Lipinski definition) is 0. The Bertz CT molecular complexity index is 3890. The fourth-order valence-electron chi connectivity index (χ4n) is 12.8. The molecule has 1 aromatic heterocycles. The van der Waals surface area contributed by atoms with E-state index in [-0.39, 0.29) is 6.04 Å². The van der Waals surface area contributed by atoms with Crippen molar-refractivity contribution in [2.75, 3.05) is 4.90 Å². The molecule has 0 saturated carbocycles. The summed E-state index contributed by atoms with van der Waals surface area (Å²) in [7, 11) is 0. The maximum Gasteiger partial charge on any atom is 0.0720 e. The Balaban J connectivity index is 0.975. The Morgan fingerprint density at radius 2 is 0.897 bits per heavy atom. The molecule has 0 spiro atoms. The van der Waals surface area contributed by atoms with Gasteiger partial charge in [0.05, 0.1) is 16.9 Å². The number of fused-ring (bicyclic) bond motifs is 9. The van der Waals surface area contributed by atoms with Crippen molar-refractivity contribution in [1.82, 2.24) is 4.57 Å². The zero-order chi connectivity index (χ0) is 44.8. The molecule has 0 bridgehead atoms. The van der Waals surface area contributed by atoms with Crippen LogP contribution in [0.3, 0.4) is 0 Å². The third-order valence-electron chi connectivity index (χ3n) is 15.4. The van der Waals surface area contributed by atoms with Crippen LogP contribution < -0.4 is 15.3 Å². The Hall–Kier alpha value is -8.46. The molecule has 68 heavy (non-hydrogen) atoms. The van der Waals surface area contributed by atoms with E-state index >= 15 is 0 Å². The van der Waals surface area contributed by atoms with Gasteiger partial charge in [-0.25, -0.2) is 0 Å². The molecule has 0 fully saturated rings. The zero-order valence-electron chi connectivity index (χ0n) is 37.5. The minimum absolute atomic E-state index is 0.218. The predicted molar refractivity (Wildman–Crippen MR) is 282 cm³/mol. The van der Waals surface area contributed by atoms with Gasteiger partial charge in [-0.15, -0.1) is 0 Å². The van der Waals surface area contributed by atoms with E-state index in [4.69, 9.17) is 0 Å². The highest BCUT2D eigenvalue weighted by atomic mass is 15.1. The quantitative estimate of drug-likeness (QED) is 0.155. The topological polar surface area (TPSA) is 8.17 Å². The summed E-state index contributed by atoms with van der Waals surface area (Å²) in [6.45, 7) is 0. The number of nitrogens with zero attached hydrogens (tertiary/aromatic N) is 2. The van der Waals surface area contributed by atoms with Crippen LogP contribution in [-0.4, -0.2) is 4.57 Å². The van der Waals surface area contributed by atoms with Gasteiger partial charge < -0.3 is 9.47 Å². The first-order valence-corrected chi connectivity index (χ1v) is 23.9. The Morgan fingerprint density at radius 1 is 0.368 bits per heavy atom. The van der Waals surface area contributed by atoms with Gasteiger partial charge in [0.15, 0.2) is 0 Å². The lowest BCUT2D eigenvalue weighted by Gasteiger charge is -2.49. The highest BCUT2D eigenvalue weighted by Crippen LogP contribution is 2.65. The molecule has 10 aromatic carbocycles. The van der Waals surface area contributed by atoms with E-state index in [0.717, 1.165) is 23.5 Å². The van der Waals surface area contributed by atoms with Gasteiger partial charge in [0.25, 0.3) is 0 Å². The van der Waals surface area contributed by atoms with Crippen LogP contribution in [0.2, 0.25) is 0 Å². The van der Waals surface area contributed by atoms with Gasteiger partial charge in [-0.05, 0) is 121 Å². The lowest BCUT2D eigenvalue weighted by molar-refractivity contribution is 0.626. The van der Waals surface area contributed by atoms with Crippen LogP contribution in [0.1, 0.15) is 57.0 Å². The van der Waals surface area contributed by atoms with Crippen LogP contribution in [0.4, 0.5) is 17.1 Å². The van der Waals surface area contributed by atoms with E-state index in [0.29, 0.717) is 0 Å². The molecule has 2 heteroatoms. The molecule has 320 valence electrons. The molecule has 0 saturated heterocycles. The molecule has 0 radical (unpaired) electrons. The zero-order valence-corrected chi connectivity index (χ0v) is 37.5. The molecule has 14 rings (SSSR count). The largest absolute Gasteiger partial charge is 0.333 e. The number of benzene rings is 10. The van der Waals surface area contributed by atoms with Gasteiger partial charge in [-0.3, -0.25) is 0 Å². The molecule has 3 aliphatic rings. The van der Waals surface area contributed by atoms with Gasteiger partial charge in [0.2, 0.25) is 0 Å². The Kier molecular flexibility index (Phi) is 8.57. The third-order valence-corrected chi connectivity index (χ3v) is 15.4. The standard InChI is InChI=1S/C66H46N2/c1-4-21-47(22-5-1)65(59-31-15-16-32-60(59)66(48-23-6-2-7-24-48)58-30-14-12-27-54(58)56-29-18-33-61(65)64(56)66)49-36-39-51(40-37-49)67(50-25-8-3-9-26-50)53-41-42-63-57(44-53)55-28-13-17-34-62(55)68(63)52-38-35-45-19-10-11-20-46(45)43-52/h1-37,39-44,52H,38H2. The summed E-state index contributed by atoms with van der Waals surface area (Å²) in [6.07, 6.45) is 5.80. The molecule has 11 aromatic rings. The number of anilines is 3. The SMILES string of the molecule is C1=c2ccccc2=CC(n2c3ccccc3c3cc(N(c4ccccc4)c4ccc(C5(c6ccccc6)c6ccccc6C6(c7ccccc7)c7ccccc7-c7cccc5c76)cc4)ccc32)C1. The van der Waals surface area contributed by atoms with Crippen LogP contribution in [0, 0.1) is 0 Å². The van der Waals surface area contributed by atoms with Gasteiger partial charge in [0, 0.05) is 38.9 Å². The lowest BCUT2D eigenvalue weighted by Crippen LogP contribution is -2.44. The third kappa shape index (κ3) is 5.34. The van der Waals surface area contributed by atoms with Crippen molar-refractivity contribution in [1.29, 1.82) is 0 Å².